The molecule has 1 fully saturated rings. The van der Waals surface area contributed by atoms with Crippen molar-refractivity contribution in [1.82, 2.24) is 19.9 Å². The molecule has 1 aliphatic heterocycles. The lowest BCUT2D eigenvalue weighted by atomic mass is 9.96. The molecule has 1 unspecified atom stereocenters. The van der Waals surface area contributed by atoms with Gasteiger partial charge in [0, 0.05) is 12.6 Å². The van der Waals surface area contributed by atoms with Crippen LogP contribution in [0.3, 0.4) is 0 Å². The number of hydrogen-bond acceptors (Lipinski definition) is 3. The molecule has 3 heterocycles. The zero-order valence-corrected chi connectivity index (χ0v) is 10.2. The smallest absolute Gasteiger partial charge is 0.155 e. The number of nitrogens with zero attached hydrogens (tertiary/aromatic N) is 3. The Morgan fingerprint density at radius 1 is 1.53 bits per heavy atom. The number of rotatable bonds is 2. The number of fused-ring (bicyclic) bond motifs is 1. The molecule has 0 aromatic carbocycles. The topological polar surface area (TPSA) is 42.2 Å². The van der Waals surface area contributed by atoms with E-state index >= 15 is 0 Å². The van der Waals surface area contributed by atoms with E-state index in [-0.39, 0.29) is 0 Å². The van der Waals surface area contributed by atoms with Crippen molar-refractivity contribution in [2.75, 3.05) is 13.1 Å². The van der Waals surface area contributed by atoms with Gasteiger partial charge in [-0.2, -0.15) is 5.10 Å². The lowest BCUT2D eigenvalue weighted by Gasteiger charge is -2.21. The maximum Gasteiger partial charge on any atom is 0.155 e. The van der Waals surface area contributed by atoms with Gasteiger partial charge in [-0.3, -0.25) is 0 Å². The van der Waals surface area contributed by atoms with Crippen molar-refractivity contribution in [1.29, 1.82) is 0 Å². The average Bonchev–Trinajstić information content (AvgIpc) is 2.71. The molecule has 17 heavy (non-hydrogen) atoms. The molecule has 3 rings (SSSR count). The van der Waals surface area contributed by atoms with Crippen molar-refractivity contribution in [2.24, 2.45) is 5.92 Å². The van der Waals surface area contributed by atoms with Crippen LogP contribution in [0.15, 0.2) is 18.3 Å². The highest BCUT2D eigenvalue weighted by Gasteiger charge is 2.16. The van der Waals surface area contributed by atoms with Crippen LogP contribution in [0.25, 0.3) is 5.65 Å². The summed E-state index contributed by atoms with van der Waals surface area (Å²) < 4.78 is 1.87. The largest absolute Gasteiger partial charge is 0.316 e. The molecule has 0 saturated carbocycles. The van der Waals surface area contributed by atoms with Gasteiger partial charge < -0.3 is 5.32 Å². The van der Waals surface area contributed by atoms with Gasteiger partial charge in [0.05, 0.1) is 0 Å². The Morgan fingerprint density at radius 3 is 3.29 bits per heavy atom. The first-order valence-electron chi connectivity index (χ1n) is 6.34. The van der Waals surface area contributed by atoms with Crippen molar-refractivity contribution in [3.05, 3.63) is 29.7 Å². The molecule has 2 aromatic heterocycles. The quantitative estimate of drug-likeness (QED) is 0.851. The third-order valence-electron chi connectivity index (χ3n) is 3.41. The van der Waals surface area contributed by atoms with Crippen LogP contribution in [0.1, 0.15) is 24.2 Å². The molecule has 90 valence electrons. The van der Waals surface area contributed by atoms with E-state index in [0.29, 0.717) is 5.92 Å². The van der Waals surface area contributed by atoms with Gasteiger partial charge in [-0.25, -0.2) is 9.50 Å². The van der Waals surface area contributed by atoms with E-state index in [1.54, 1.807) is 0 Å². The summed E-state index contributed by atoms with van der Waals surface area (Å²) in [7, 11) is 0. The Kier molecular flexibility index (Phi) is 2.81. The maximum absolute atomic E-state index is 4.59. The second-order valence-corrected chi connectivity index (χ2v) is 4.95. The third-order valence-corrected chi connectivity index (χ3v) is 3.41. The first-order chi connectivity index (χ1) is 8.31. The van der Waals surface area contributed by atoms with Crippen molar-refractivity contribution >= 4 is 5.65 Å². The number of nitrogens with one attached hydrogen (secondary N) is 1. The molecular weight excluding hydrogens is 212 g/mol. The molecule has 1 N–H and O–H groups in total. The van der Waals surface area contributed by atoms with Crippen LogP contribution in [0.4, 0.5) is 0 Å². The summed E-state index contributed by atoms with van der Waals surface area (Å²) in [6.07, 6.45) is 5.55. The van der Waals surface area contributed by atoms with Crippen LogP contribution in [0, 0.1) is 12.8 Å². The van der Waals surface area contributed by atoms with Gasteiger partial charge in [0.15, 0.2) is 11.5 Å². The monoisotopic (exact) mass is 230 g/mol. The molecule has 2 aromatic rings. The molecule has 0 amide bonds. The van der Waals surface area contributed by atoms with Gasteiger partial charge in [0.1, 0.15) is 0 Å². The highest BCUT2D eigenvalue weighted by Crippen LogP contribution is 2.15. The number of aromatic nitrogens is 3. The van der Waals surface area contributed by atoms with Crippen LogP contribution >= 0.6 is 0 Å². The number of piperidine rings is 1. The Morgan fingerprint density at radius 2 is 2.47 bits per heavy atom. The molecule has 0 spiro atoms. The first kappa shape index (κ1) is 10.7. The highest BCUT2D eigenvalue weighted by atomic mass is 15.3. The van der Waals surface area contributed by atoms with E-state index in [0.717, 1.165) is 31.0 Å². The van der Waals surface area contributed by atoms with E-state index in [1.807, 2.05) is 10.7 Å². The van der Waals surface area contributed by atoms with E-state index < -0.39 is 0 Å². The van der Waals surface area contributed by atoms with E-state index in [4.69, 9.17) is 0 Å². The van der Waals surface area contributed by atoms with E-state index in [2.05, 4.69) is 34.5 Å². The summed E-state index contributed by atoms with van der Waals surface area (Å²) in [4.78, 5) is 4.59. The molecule has 0 bridgehead atoms. The summed E-state index contributed by atoms with van der Waals surface area (Å²) >= 11 is 0. The summed E-state index contributed by atoms with van der Waals surface area (Å²) in [5, 5.41) is 7.96. The predicted octanol–water partition coefficient (Wildman–Crippen LogP) is 1.58. The second-order valence-electron chi connectivity index (χ2n) is 4.95. The number of pyridine rings is 1. The highest BCUT2D eigenvalue weighted by molar-refractivity contribution is 5.39. The summed E-state index contributed by atoms with van der Waals surface area (Å²) in [5.41, 5.74) is 2.19. The van der Waals surface area contributed by atoms with Crippen LogP contribution in [0.2, 0.25) is 0 Å². The second kappa shape index (κ2) is 4.45. The number of hydrogen-bond donors (Lipinski definition) is 1. The van der Waals surface area contributed by atoms with Crippen LogP contribution < -0.4 is 5.32 Å². The first-order valence-corrected chi connectivity index (χ1v) is 6.34. The van der Waals surface area contributed by atoms with Crippen molar-refractivity contribution in [2.45, 2.75) is 26.2 Å². The van der Waals surface area contributed by atoms with Gasteiger partial charge in [-0.15, -0.1) is 0 Å². The molecular formula is C13H18N4. The fraction of sp³-hybridized carbons (Fsp3) is 0.538. The molecule has 0 aliphatic carbocycles. The standard InChI is InChI=1S/C13H18N4/c1-10-4-6-17-13(7-10)15-12(16-17)8-11-3-2-5-14-9-11/h4,6-7,11,14H,2-3,5,8-9H2,1H3. The minimum Gasteiger partial charge on any atom is -0.316 e. The zero-order valence-electron chi connectivity index (χ0n) is 10.2. The average molecular weight is 230 g/mol. The lowest BCUT2D eigenvalue weighted by molar-refractivity contribution is 0.371. The summed E-state index contributed by atoms with van der Waals surface area (Å²) in [6.45, 7) is 4.35. The fourth-order valence-electron chi connectivity index (χ4n) is 2.47. The molecule has 1 atom stereocenters. The van der Waals surface area contributed by atoms with E-state index in [9.17, 15) is 0 Å². The minimum atomic E-state index is 0.697. The molecule has 4 nitrogen and oxygen atoms in total. The SMILES string of the molecule is Cc1ccn2nc(CC3CCCNC3)nc2c1. The van der Waals surface area contributed by atoms with Crippen molar-refractivity contribution in [3.63, 3.8) is 0 Å². The lowest BCUT2D eigenvalue weighted by Crippen LogP contribution is -2.31. The van der Waals surface area contributed by atoms with Gasteiger partial charge in [-0.1, -0.05) is 0 Å². The van der Waals surface area contributed by atoms with Gasteiger partial charge in [-0.05, 0) is 56.5 Å². The predicted molar refractivity (Wildman–Crippen MR) is 67.0 cm³/mol. The Labute approximate surface area is 101 Å². The Hall–Kier alpha value is -1.42. The number of aryl methyl sites for hydroxylation is 1. The molecule has 1 aliphatic rings. The van der Waals surface area contributed by atoms with Gasteiger partial charge >= 0.3 is 0 Å². The van der Waals surface area contributed by atoms with Crippen LogP contribution in [-0.2, 0) is 6.42 Å². The van der Waals surface area contributed by atoms with Crippen LogP contribution in [-0.4, -0.2) is 27.7 Å². The summed E-state index contributed by atoms with van der Waals surface area (Å²) in [6, 6.07) is 4.14. The van der Waals surface area contributed by atoms with Crippen LogP contribution in [0.5, 0.6) is 0 Å². The van der Waals surface area contributed by atoms with E-state index in [1.165, 1.54) is 18.4 Å². The van der Waals surface area contributed by atoms with Crippen molar-refractivity contribution < 1.29 is 0 Å². The Balaban J connectivity index is 1.80. The minimum absolute atomic E-state index is 0.697. The fourth-order valence-corrected chi connectivity index (χ4v) is 2.47. The molecule has 1 saturated heterocycles. The third kappa shape index (κ3) is 2.31. The Bertz CT molecular complexity index is 511. The molecule has 0 radical (unpaired) electrons. The maximum atomic E-state index is 4.59. The summed E-state index contributed by atoms with van der Waals surface area (Å²) in [5.74, 6) is 1.67. The van der Waals surface area contributed by atoms with Gasteiger partial charge in [0.2, 0.25) is 0 Å². The van der Waals surface area contributed by atoms with Gasteiger partial charge in [0.25, 0.3) is 0 Å². The van der Waals surface area contributed by atoms with Crippen molar-refractivity contribution in [3.8, 4) is 0 Å². The molecule has 4 heteroatoms. The normalized spacial score (nSPS) is 20.9. The zero-order chi connectivity index (χ0) is 11.7.